The van der Waals surface area contributed by atoms with E-state index in [0.717, 1.165) is 0 Å². The third-order valence-corrected chi connectivity index (χ3v) is 1.23. The summed E-state index contributed by atoms with van der Waals surface area (Å²) in [6.07, 6.45) is -1.40. The summed E-state index contributed by atoms with van der Waals surface area (Å²) in [7, 11) is 0. The number of hydrogen-bond acceptors (Lipinski definition) is 5. The zero-order valence-corrected chi connectivity index (χ0v) is 8.12. The highest BCUT2D eigenvalue weighted by Crippen LogP contribution is 1.98. The van der Waals surface area contributed by atoms with E-state index in [1.54, 1.807) is 6.92 Å². The van der Waals surface area contributed by atoms with Crippen molar-refractivity contribution in [2.45, 2.75) is 25.2 Å². The highest BCUT2D eigenvalue weighted by Gasteiger charge is 2.31. The van der Waals surface area contributed by atoms with Gasteiger partial charge in [0.2, 0.25) is 11.8 Å². The lowest BCUT2D eigenvalue weighted by Gasteiger charge is -2.17. The predicted octanol–water partition coefficient (Wildman–Crippen LogP) is -3.32. The number of carbonyl (C=O) groups excluding carboxylic acids is 2. The van der Waals surface area contributed by atoms with Gasteiger partial charge in [-0.3, -0.25) is 9.59 Å². The van der Waals surface area contributed by atoms with Crippen LogP contribution >= 0.6 is 0 Å². The molecule has 0 aromatic heterocycles. The van der Waals surface area contributed by atoms with Gasteiger partial charge in [-0.25, -0.2) is 0 Å². The first kappa shape index (κ1) is 15.8. The number of rotatable bonds is 4. The van der Waals surface area contributed by atoms with Crippen LogP contribution in [-0.4, -0.2) is 45.4 Å². The molecule has 0 unspecified atom stereocenters. The summed E-state index contributed by atoms with van der Waals surface area (Å²) < 4.78 is 0. The third-order valence-electron chi connectivity index (χ3n) is 1.23. The lowest BCUT2D eigenvalue weighted by Crippen LogP contribution is -2.50. The van der Waals surface area contributed by atoms with E-state index in [0.29, 0.717) is 0 Å². The van der Waals surface area contributed by atoms with Crippen LogP contribution in [0.1, 0.15) is 6.92 Å². The molecule has 0 saturated heterocycles. The number of amides is 2. The van der Waals surface area contributed by atoms with Crippen molar-refractivity contribution in [3.63, 3.8) is 0 Å². The fraction of sp³-hybridized carbons (Fsp3) is 0.500. The summed E-state index contributed by atoms with van der Waals surface area (Å²) in [4.78, 5) is 20.4. The monoisotopic (exact) mass is 218 g/mol. The van der Waals surface area contributed by atoms with Gasteiger partial charge in [-0.15, -0.1) is 12.3 Å². The fourth-order valence-electron chi connectivity index (χ4n) is 0.509. The molecule has 0 aliphatic heterocycles. The summed E-state index contributed by atoms with van der Waals surface area (Å²) in [5.41, 5.74) is 9.13. The van der Waals surface area contributed by atoms with Crippen LogP contribution < -0.4 is 11.5 Å². The van der Waals surface area contributed by atoms with Gasteiger partial charge >= 0.3 is 0 Å². The molecule has 0 rings (SSSR count). The van der Waals surface area contributed by atoms with E-state index in [4.69, 9.17) is 15.3 Å². The molecule has 0 saturated carbocycles. The number of aliphatic hydroxyl groups is 3. The van der Waals surface area contributed by atoms with Crippen molar-refractivity contribution >= 4 is 11.8 Å². The molecule has 0 aliphatic carbocycles. The van der Waals surface area contributed by atoms with Crippen LogP contribution in [-0.2, 0) is 9.59 Å². The molecule has 86 valence electrons. The Labute approximate surface area is 86.7 Å². The average molecular weight is 218 g/mol. The highest BCUT2D eigenvalue weighted by molar-refractivity contribution is 5.83. The number of carbonyl (C=O) groups is 2. The van der Waals surface area contributed by atoms with Crippen molar-refractivity contribution in [2.24, 2.45) is 11.5 Å². The minimum absolute atomic E-state index is 1.25. The van der Waals surface area contributed by atoms with Crippen LogP contribution in [0.5, 0.6) is 0 Å². The maximum absolute atomic E-state index is 10.2. The van der Waals surface area contributed by atoms with E-state index in [1.165, 1.54) is 0 Å². The van der Waals surface area contributed by atoms with E-state index in [1.807, 2.05) is 0 Å². The number of aliphatic hydroxyl groups excluding tert-OH is 3. The van der Waals surface area contributed by atoms with Gasteiger partial charge in [-0.2, -0.15) is 0 Å². The topological polar surface area (TPSA) is 147 Å². The Morgan fingerprint density at radius 2 is 1.33 bits per heavy atom. The molecule has 0 aromatic carbocycles. The molecule has 0 radical (unpaired) electrons. The maximum atomic E-state index is 10.2. The zero-order valence-electron chi connectivity index (χ0n) is 8.12. The molecular weight excluding hydrogens is 204 g/mol. The van der Waals surface area contributed by atoms with Crippen molar-refractivity contribution in [2.75, 3.05) is 0 Å². The van der Waals surface area contributed by atoms with Crippen LogP contribution in [0.2, 0.25) is 0 Å². The largest absolute Gasteiger partial charge is 0.387 e. The molecule has 0 bridgehead atoms. The van der Waals surface area contributed by atoms with Gasteiger partial charge in [0, 0.05) is 0 Å². The van der Waals surface area contributed by atoms with Crippen LogP contribution in [0.4, 0.5) is 0 Å². The van der Waals surface area contributed by atoms with Gasteiger partial charge in [-0.1, -0.05) is 0 Å². The van der Waals surface area contributed by atoms with Crippen LogP contribution in [0.3, 0.4) is 0 Å². The van der Waals surface area contributed by atoms with E-state index in [9.17, 15) is 9.59 Å². The second-order valence-electron chi connectivity index (χ2n) is 2.47. The molecule has 0 aromatic rings. The lowest BCUT2D eigenvalue weighted by molar-refractivity contribution is -0.145. The summed E-state index contributed by atoms with van der Waals surface area (Å²) in [6.45, 7) is 1.65. The lowest BCUT2D eigenvalue weighted by atomic mass is 10.1. The Morgan fingerprint density at radius 1 is 1.13 bits per heavy atom. The Balaban J connectivity index is 0. The van der Waals surface area contributed by atoms with Gasteiger partial charge in [-0.05, 0) is 6.92 Å². The van der Waals surface area contributed by atoms with Crippen molar-refractivity contribution in [3.05, 3.63) is 0 Å². The Bertz CT molecular complexity index is 240. The normalized spacial score (nSPS) is 14.9. The number of hydrogen-bond donors (Lipinski definition) is 5. The minimum Gasteiger partial charge on any atom is -0.387 e. The van der Waals surface area contributed by atoms with Gasteiger partial charge in [0.25, 0.3) is 0 Å². The molecule has 7 heteroatoms. The number of terminal acetylenes is 1. The fourth-order valence-corrected chi connectivity index (χ4v) is 0.509. The molecule has 0 heterocycles. The molecule has 0 aliphatic rings. The predicted molar refractivity (Wildman–Crippen MR) is 50.9 cm³/mol. The summed E-state index contributed by atoms with van der Waals surface area (Å²) >= 11 is 0. The van der Waals surface area contributed by atoms with Crippen LogP contribution in [0, 0.1) is 12.3 Å². The summed E-state index contributed by atoms with van der Waals surface area (Å²) in [6, 6.07) is 0. The second kappa shape index (κ2) is 7.75. The number of nitrogens with two attached hydrogens (primary N) is 2. The van der Waals surface area contributed by atoms with Crippen LogP contribution in [0.15, 0.2) is 0 Å². The van der Waals surface area contributed by atoms with Crippen molar-refractivity contribution in [1.82, 2.24) is 0 Å². The first-order valence-corrected chi connectivity index (χ1v) is 3.79. The van der Waals surface area contributed by atoms with E-state index >= 15 is 0 Å². The highest BCUT2D eigenvalue weighted by atomic mass is 16.4. The van der Waals surface area contributed by atoms with Crippen LogP contribution in [0.25, 0.3) is 0 Å². The first-order valence-electron chi connectivity index (χ1n) is 3.79. The Hall–Kier alpha value is -1.62. The molecule has 15 heavy (non-hydrogen) atoms. The Morgan fingerprint density at radius 3 is 1.47 bits per heavy atom. The van der Waals surface area contributed by atoms with E-state index < -0.39 is 30.1 Å². The molecule has 0 spiro atoms. The Kier molecular flexibility index (Phi) is 8.18. The molecule has 7 nitrogen and oxygen atoms in total. The minimum atomic E-state index is -2.01. The molecule has 7 N–H and O–H groups in total. The molecular formula is C8H14N2O5. The summed E-state index contributed by atoms with van der Waals surface area (Å²) in [5.74, 6) is -0.245. The molecule has 2 amide bonds. The van der Waals surface area contributed by atoms with E-state index in [2.05, 4.69) is 23.8 Å². The van der Waals surface area contributed by atoms with Crippen molar-refractivity contribution < 1.29 is 24.9 Å². The van der Waals surface area contributed by atoms with Gasteiger partial charge in [0.1, 0.15) is 6.10 Å². The summed E-state index contributed by atoms with van der Waals surface area (Å²) in [5, 5.41) is 26.3. The van der Waals surface area contributed by atoms with Crippen molar-refractivity contribution in [1.29, 1.82) is 0 Å². The molecule has 0 fully saturated rings. The zero-order chi connectivity index (χ0) is 12.6. The maximum Gasteiger partial charge on any atom is 0.249 e. The van der Waals surface area contributed by atoms with E-state index in [-0.39, 0.29) is 0 Å². The number of primary amides is 2. The van der Waals surface area contributed by atoms with Gasteiger partial charge in [0.15, 0.2) is 12.2 Å². The standard InChI is InChI=1S/C5H10N2O5.C3H4/c6-4(11)2(9)1(8)3(10)5(7)12;1-3-2/h1-3,8-10H,(H2,6,11)(H2,7,12);1H,2H3/t1-,2-,3+;. The average Bonchev–Trinajstić information content (AvgIpc) is 2.15. The van der Waals surface area contributed by atoms with Crippen molar-refractivity contribution in [3.8, 4) is 12.3 Å². The van der Waals surface area contributed by atoms with Gasteiger partial charge < -0.3 is 26.8 Å². The first-order chi connectivity index (χ1) is 6.79. The quantitative estimate of drug-likeness (QED) is 0.313. The second-order valence-corrected chi connectivity index (χ2v) is 2.47. The SMILES string of the molecule is C#CC.NC(=O)[C@@H](O)[C@H](O)[C@@H](O)C(N)=O. The van der Waals surface area contributed by atoms with Gasteiger partial charge in [0.05, 0.1) is 0 Å². The smallest absolute Gasteiger partial charge is 0.249 e. The third kappa shape index (κ3) is 6.45. The molecule has 3 atom stereocenters.